The van der Waals surface area contributed by atoms with Crippen molar-refractivity contribution in [3.63, 3.8) is 0 Å². The van der Waals surface area contributed by atoms with Gasteiger partial charge in [0.25, 0.3) is 0 Å². The summed E-state index contributed by atoms with van der Waals surface area (Å²) in [7, 11) is 0. The molecule has 3 heteroatoms. The van der Waals surface area contributed by atoms with Crippen LogP contribution in [0.15, 0.2) is 36.5 Å². The van der Waals surface area contributed by atoms with Crippen LogP contribution in [0.25, 0.3) is 11.1 Å². The van der Waals surface area contributed by atoms with Crippen LogP contribution in [0.1, 0.15) is 35.8 Å². The van der Waals surface area contributed by atoms with E-state index in [2.05, 4.69) is 24.0 Å². The van der Waals surface area contributed by atoms with Crippen molar-refractivity contribution in [3.05, 3.63) is 47.8 Å². The highest BCUT2D eigenvalue weighted by molar-refractivity contribution is 5.94. The zero-order chi connectivity index (χ0) is 13.0. The van der Waals surface area contributed by atoms with Crippen molar-refractivity contribution in [3.8, 4) is 11.1 Å². The molecular formula is C15H17NO2. The molecule has 0 aliphatic carbocycles. The number of H-pyrrole nitrogens is 1. The molecular weight excluding hydrogens is 226 g/mol. The smallest absolute Gasteiger partial charge is 0.352 e. The molecule has 0 saturated heterocycles. The number of aromatic carboxylic acids is 1. The van der Waals surface area contributed by atoms with E-state index in [1.165, 1.54) is 18.4 Å². The molecule has 2 aromatic rings. The summed E-state index contributed by atoms with van der Waals surface area (Å²) in [6.07, 6.45) is 5.10. The highest BCUT2D eigenvalue weighted by Gasteiger charge is 2.12. The fourth-order valence-corrected chi connectivity index (χ4v) is 2.02. The van der Waals surface area contributed by atoms with E-state index in [9.17, 15) is 4.79 Å². The number of hydrogen-bond donors (Lipinski definition) is 2. The normalized spacial score (nSPS) is 10.5. The number of hydrogen-bond acceptors (Lipinski definition) is 1. The predicted molar refractivity (Wildman–Crippen MR) is 71.8 cm³/mol. The summed E-state index contributed by atoms with van der Waals surface area (Å²) >= 11 is 0. The third-order valence-corrected chi connectivity index (χ3v) is 3.04. The minimum Gasteiger partial charge on any atom is -0.477 e. The number of benzene rings is 1. The van der Waals surface area contributed by atoms with Crippen molar-refractivity contribution < 1.29 is 9.90 Å². The molecule has 0 amide bonds. The van der Waals surface area contributed by atoms with Crippen molar-refractivity contribution in [1.29, 1.82) is 0 Å². The van der Waals surface area contributed by atoms with Crippen molar-refractivity contribution in [2.75, 3.05) is 0 Å². The molecule has 2 rings (SSSR count). The summed E-state index contributed by atoms with van der Waals surface area (Å²) in [6.45, 7) is 2.17. The van der Waals surface area contributed by atoms with Crippen LogP contribution in [0, 0.1) is 0 Å². The second-order valence-electron chi connectivity index (χ2n) is 4.37. The van der Waals surface area contributed by atoms with Crippen molar-refractivity contribution >= 4 is 5.97 Å². The topological polar surface area (TPSA) is 53.1 Å². The number of rotatable bonds is 5. The molecule has 0 fully saturated rings. The van der Waals surface area contributed by atoms with E-state index in [0.717, 1.165) is 17.5 Å². The summed E-state index contributed by atoms with van der Waals surface area (Å²) in [4.78, 5) is 13.8. The molecule has 1 aromatic heterocycles. The van der Waals surface area contributed by atoms with Gasteiger partial charge in [-0.25, -0.2) is 4.79 Å². The lowest BCUT2D eigenvalue weighted by atomic mass is 10.0. The quantitative estimate of drug-likeness (QED) is 0.840. The highest BCUT2D eigenvalue weighted by atomic mass is 16.4. The first-order valence-electron chi connectivity index (χ1n) is 6.22. The zero-order valence-electron chi connectivity index (χ0n) is 10.4. The molecule has 94 valence electrons. The second kappa shape index (κ2) is 5.54. The molecule has 3 nitrogen and oxygen atoms in total. The van der Waals surface area contributed by atoms with Gasteiger partial charge in [0.05, 0.1) is 0 Å². The number of aromatic nitrogens is 1. The Labute approximate surface area is 106 Å². The van der Waals surface area contributed by atoms with Crippen LogP contribution in [0.4, 0.5) is 0 Å². The molecule has 0 radical (unpaired) electrons. The van der Waals surface area contributed by atoms with Gasteiger partial charge in [-0.15, -0.1) is 0 Å². The van der Waals surface area contributed by atoms with Crippen molar-refractivity contribution in [2.45, 2.75) is 26.2 Å². The molecule has 0 atom stereocenters. The van der Waals surface area contributed by atoms with Crippen molar-refractivity contribution in [2.24, 2.45) is 0 Å². The number of carboxylic acid groups (broad SMARTS) is 1. The SMILES string of the molecule is CCCCc1ccc(-c2cc[nH]c2C(=O)O)cc1. The standard InChI is InChI=1S/C15H17NO2/c1-2-3-4-11-5-7-12(8-6-11)13-9-10-16-14(13)15(17)18/h5-10,16H,2-4H2,1H3,(H,17,18). The van der Waals surface area contributed by atoms with E-state index in [0.29, 0.717) is 0 Å². The number of aryl methyl sites for hydroxylation is 1. The van der Waals surface area contributed by atoms with E-state index in [-0.39, 0.29) is 5.69 Å². The number of carbonyl (C=O) groups is 1. The van der Waals surface area contributed by atoms with Gasteiger partial charge in [-0.3, -0.25) is 0 Å². The lowest BCUT2D eigenvalue weighted by molar-refractivity contribution is 0.0692. The van der Waals surface area contributed by atoms with Gasteiger partial charge in [0.1, 0.15) is 5.69 Å². The molecule has 0 bridgehead atoms. The average Bonchev–Trinajstić information content (AvgIpc) is 2.86. The lowest BCUT2D eigenvalue weighted by Gasteiger charge is -2.03. The van der Waals surface area contributed by atoms with Crippen LogP contribution in [0.5, 0.6) is 0 Å². The van der Waals surface area contributed by atoms with Gasteiger partial charge in [-0.1, -0.05) is 37.6 Å². The first-order valence-corrected chi connectivity index (χ1v) is 6.22. The Morgan fingerprint density at radius 2 is 1.94 bits per heavy atom. The minimum absolute atomic E-state index is 0.247. The summed E-state index contributed by atoms with van der Waals surface area (Å²) in [6, 6.07) is 9.92. The fourth-order valence-electron chi connectivity index (χ4n) is 2.02. The lowest BCUT2D eigenvalue weighted by Crippen LogP contribution is -1.98. The molecule has 18 heavy (non-hydrogen) atoms. The van der Waals surface area contributed by atoms with E-state index in [4.69, 9.17) is 5.11 Å². The number of aromatic amines is 1. The number of carboxylic acids is 1. The van der Waals surface area contributed by atoms with Gasteiger partial charge >= 0.3 is 5.97 Å². The third-order valence-electron chi connectivity index (χ3n) is 3.04. The predicted octanol–water partition coefficient (Wildman–Crippen LogP) is 3.72. The van der Waals surface area contributed by atoms with E-state index >= 15 is 0 Å². The zero-order valence-corrected chi connectivity index (χ0v) is 10.4. The number of nitrogens with one attached hydrogen (secondary N) is 1. The summed E-state index contributed by atoms with van der Waals surface area (Å²) in [5.41, 5.74) is 3.22. The minimum atomic E-state index is -0.926. The maximum absolute atomic E-state index is 11.0. The third kappa shape index (κ3) is 2.62. The van der Waals surface area contributed by atoms with E-state index < -0.39 is 5.97 Å². The first kappa shape index (κ1) is 12.4. The average molecular weight is 243 g/mol. The van der Waals surface area contributed by atoms with Crippen LogP contribution < -0.4 is 0 Å². The van der Waals surface area contributed by atoms with Crippen LogP contribution >= 0.6 is 0 Å². The first-order chi connectivity index (χ1) is 8.72. The van der Waals surface area contributed by atoms with Gasteiger partial charge in [0, 0.05) is 11.8 Å². The summed E-state index contributed by atoms with van der Waals surface area (Å²) < 4.78 is 0. The van der Waals surface area contributed by atoms with Crippen molar-refractivity contribution in [1.82, 2.24) is 4.98 Å². The Bertz CT molecular complexity index is 526. The molecule has 0 aliphatic rings. The van der Waals surface area contributed by atoms with Gasteiger partial charge < -0.3 is 10.1 Å². The maximum Gasteiger partial charge on any atom is 0.352 e. The van der Waals surface area contributed by atoms with Crippen LogP contribution in [0.2, 0.25) is 0 Å². The molecule has 0 spiro atoms. The van der Waals surface area contributed by atoms with Gasteiger partial charge in [0.2, 0.25) is 0 Å². The molecule has 1 heterocycles. The maximum atomic E-state index is 11.0. The molecule has 0 unspecified atom stereocenters. The Morgan fingerprint density at radius 3 is 2.56 bits per heavy atom. The summed E-state index contributed by atoms with van der Waals surface area (Å²) in [5, 5.41) is 9.06. The summed E-state index contributed by atoms with van der Waals surface area (Å²) in [5.74, 6) is -0.926. The van der Waals surface area contributed by atoms with E-state index in [1.54, 1.807) is 12.3 Å². The highest BCUT2D eigenvalue weighted by Crippen LogP contribution is 2.23. The monoisotopic (exact) mass is 243 g/mol. The van der Waals surface area contributed by atoms with Crippen LogP contribution in [-0.2, 0) is 6.42 Å². The van der Waals surface area contributed by atoms with Gasteiger partial charge in [-0.2, -0.15) is 0 Å². The number of unbranched alkanes of at least 4 members (excludes halogenated alkanes) is 1. The Kier molecular flexibility index (Phi) is 3.82. The Hall–Kier alpha value is -2.03. The largest absolute Gasteiger partial charge is 0.477 e. The van der Waals surface area contributed by atoms with Crippen LogP contribution in [0.3, 0.4) is 0 Å². The van der Waals surface area contributed by atoms with E-state index in [1.807, 2.05) is 12.1 Å². The molecule has 1 aromatic carbocycles. The molecule has 0 aliphatic heterocycles. The molecule has 2 N–H and O–H groups in total. The second-order valence-corrected chi connectivity index (χ2v) is 4.37. The fraction of sp³-hybridized carbons (Fsp3) is 0.267. The van der Waals surface area contributed by atoms with Gasteiger partial charge in [0.15, 0.2) is 0 Å². The Balaban J connectivity index is 2.23. The van der Waals surface area contributed by atoms with Crippen LogP contribution in [-0.4, -0.2) is 16.1 Å². The van der Waals surface area contributed by atoms with Gasteiger partial charge in [-0.05, 0) is 30.0 Å². The molecule has 0 saturated carbocycles. The Morgan fingerprint density at radius 1 is 1.22 bits per heavy atom.